The third-order valence-corrected chi connectivity index (χ3v) is 6.02. The van der Waals surface area contributed by atoms with Gasteiger partial charge in [-0.05, 0) is 23.4 Å². The SMILES string of the molecule is CCc1ccc(-c2nc3c(c(=O)[nH]2)CN(C(=O)Nc2cccc4ccccc24)CC3)cc1. The van der Waals surface area contributed by atoms with Gasteiger partial charge in [0.25, 0.3) is 5.56 Å². The topological polar surface area (TPSA) is 78.1 Å². The van der Waals surface area contributed by atoms with Crippen LogP contribution in [0.15, 0.2) is 71.5 Å². The molecule has 4 aromatic rings. The predicted octanol–water partition coefficient (Wildman–Crippen LogP) is 4.74. The molecule has 0 aliphatic carbocycles. The molecule has 160 valence electrons. The number of benzene rings is 3. The van der Waals surface area contributed by atoms with Gasteiger partial charge in [-0.15, -0.1) is 0 Å². The molecule has 1 aromatic heterocycles. The molecule has 0 radical (unpaired) electrons. The maximum absolute atomic E-state index is 13.0. The first-order chi connectivity index (χ1) is 15.6. The van der Waals surface area contributed by atoms with Crippen LogP contribution >= 0.6 is 0 Å². The number of nitrogens with zero attached hydrogens (tertiary/aromatic N) is 2. The van der Waals surface area contributed by atoms with Crippen molar-refractivity contribution in [3.05, 3.63) is 93.9 Å². The number of aryl methyl sites for hydroxylation is 1. The summed E-state index contributed by atoms with van der Waals surface area (Å²) in [5.41, 5.74) is 4.01. The first-order valence-corrected chi connectivity index (χ1v) is 10.9. The second-order valence-corrected chi connectivity index (χ2v) is 8.02. The summed E-state index contributed by atoms with van der Waals surface area (Å²) in [7, 11) is 0. The molecular formula is C26H24N4O2. The van der Waals surface area contributed by atoms with Crippen LogP contribution in [0.5, 0.6) is 0 Å². The highest BCUT2D eigenvalue weighted by atomic mass is 16.2. The van der Waals surface area contributed by atoms with Crippen molar-refractivity contribution in [1.82, 2.24) is 14.9 Å². The Morgan fingerprint density at radius 3 is 2.66 bits per heavy atom. The van der Waals surface area contributed by atoms with Gasteiger partial charge < -0.3 is 15.2 Å². The maximum Gasteiger partial charge on any atom is 0.322 e. The molecule has 0 unspecified atom stereocenters. The van der Waals surface area contributed by atoms with Gasteiger partial charge in [0.05, 0.1) is 23.5 Å². The van der Waals surface area contributed by atoms with Crippen LogP contribution in [0.25, 0.3) is 22.2 Å². The number of anilines is 1. The maximum atomic E-state index is 13.0. The molecule has 0 fully saturated rings. The number of carbonyl (C=O) groups is 1. The number of amides is 2. The van der Waals surface area contributed by atoms with Crippen molar-refractivity contribution in [2.24, 2.45) is 0 Å². The molecule has 0 spiro atoms. The highest BCUT2D eigenvalue weighted by molar-refractivity contribution is 6.01. The number of aromatic nitrogens is 2. The molecule has 3 aromatic carbocycles. The minimum atomic E-state index is -0.217. The van der Waals surface area contributed by atoms with Gasteiger partial charge in [0.15, 0.2) is 0 Å². The quantitative estimate of drug-likeness (QED) is 0.499. The second-order valence-electron chi connectivity index (χ2n) is 8.02. The molecule has 1 aliphatic heterocycles. The third-order valence-electron chi connectivity index (χ3n) is 6.02. The number of fused-ring (bicyclic) bond motifs is 2. The van der Waals surface area contributed by atoms with Gasteiger partial charge in [0.1, 0.15) is 5.82 Å². The van der Waals surface area contributed by atoms with Gasteiger partial charge in [0, 0.05) is 23.9 Å². The number of hydrogen-bond donors (Lipinski definition) is 2. The molecule has 2 amide bonds. The molecule has 2 N–H and O–H groups in total. The molecule has 1 aliphatic rings. The zero-order valence-corrected chi connectivity index (χ0v) is 17.9. The minimum absolute atomic E-state index is 0.188. The first-order valence-electron chi connectivity index (χ1n) is 10.9. The van der Waals surface area contributed by atoms with E-state index in [9.17, 15) is 9.59 Å². The lowest BCUT2D eigenvalue weighted by Crippen LogP contribution is -2.41. The lowest BCUT2D eigenvalue weighted by atomic mass is 10.1. The lowest BCUT2D eigenvalue weighted by molar-refractivity contribution is 0.205. The monoisotopic (exact) mass is 424 g/mol. The van der Waals surface area contributed by atoms with E-state index < -0.39 is 0 Å². The normalized spacial score (nSPS) is 13.1. The fourth-order valence-corrected chi connectivity index (χ4v) is 4.16. The molecule has 32 heavy (non-hydrogen) atoms. The van der Waals surface area contributed by atoms with Crippen molar-refractivity contribution in [3.8, 4) is 11.4 Å². The number of urea groups is 1. The van der Waals surface area contributed by atoms with E-state index in [-0.39, 0.29) is 18.1 Å². The van der Waals surface area contributed by atoms with Crippen molar-refractivity contribution in [1.29, 1.82) is 0 Å². The summed E-state index contributed by atoms with van der Waals surface area (Å²) in [4.78, 5) is 35.1. The van der Waals surface area contributed by atoms with Gasteiger partial charge in [0.2, 0.25) is 0 Å². The zero-order chi connectivity index (χ0) is 22.1. The Morgan fingerprint density at radius 1 is 1.06 bits per heavy atom. The molecule has 5 rings (SSSR count). The van der Waals surface area contributed by atoms with Crippen LogP contribution in [0.2, 0.25) is 0 Å². The van der Waals surface area contributed by atoms with E-state index in [0.717, 1.165) is 34.1 Å². The average Bonchev–Trinajstić information content (AvgIpc) is 2.84. The fraction of sp³-hybridized carbons (Fsp3) is 0.192. The van der Waals surface area contributed by atoms with Gasteiger partial charge >= 0.3 is 6.03 Å². The molecule has 6 nitrogen and oxygen atoms in total. The second kappa shape index (κ2) is 8.30. The Kier molecular flexibility index (Phi) is 5.19. The number of aromatic amines is 1. The molecule has 0 bridgehead atoms. The average molecular weight is 425 g/mol. The van der Waals surface area contributed by atoms with E-state index in [4.69, 9.17) is 4.98 Å². The summed E-state index contributed by atoms with van der Waals surface area (Å²) in [5, 5.41) is 5.06. The van der Waals surface area contributed by atoms with Gasteiger partial charge in [-0.2, -0.15) is 0 Å². The van der Waals surface area contributed by atoms with Gasteiger partial charge in [-0.25, -0.2) is 9.78 Å². The van der Waals surface area contributed by atoms with Crippen LogP contribution in [-0.4, -0.2) is 27.4 Å². The molecule has 0 saturated heterocycles. The van der Waals surface area contributed by atoms with Crippen molar-refractivity contribution < 1.29 is 4.79 Å². The Labute approximate surface area is 185 Å². The van der Waals surface area contributed by atoms with Crippen molar-refractivity contribution in [3.63, 3.8) is 0 Å². The highest BCUT2D eigenvalue weighted by Gasteiger charge is 2.25. The van der Waals surface area contributed by atoms with Crippen LogP contribution in [0.1, 0.15) is 23.7 Å². The summed E-state index contributed by atoms with van der Waals surface area (Å²) in [5.74, 6) is 0.574. The summed E-state index contributed by atoms with van der Waals surface area (Å²) >= 11 is 0. The van der Waals surface area contributed by atoms with E-state index >= 15 is 0 Å². The number of nitrogens with one attached hydrogen (secondary N) is 2. The summed E-state index contributed by atoms with van der Waals surface area (Å²) in [6.45, 7) is 2.85. The molecule has 0 atom stereocenters. The largest absolute Gasteiger partial charge is 0.322 e. The Balaban J connectivity index is 1.37. The zero-order valence-electron chi connectivity index (χ0n) is 17.9. The Hall–Kier alpha value is -3.93. The van der Waals surface area contributed by atoms with Crippen molar-refractivity contribution in [2.45, 2.75) is 26.3 Å². The van der Waals surface area contributed by atoms with Crippen LogP contribution < -0.4 is 10.9 Å². The lowest BCUT2D eigenvalue weighted by Gasteiger charge is -2.28. The first kappa shape index (κ1) is 20.0. The fourth-order valence-electron chi connectivity index (χ4n) is 4.16. The minimum Gasteiger partial charge on any atom is -0.320 e. The molecular weight excluding hydrogens is 400 g/mol. The number of hydrogen-bond acceptors (Lipinski definition) is 3. The highest BCUT2D eigenvalue weighted by Crippen LogP contribution is 2.24. The van der Waals surface area contributed by atoms with E-state index in [2.05, 4.69) is 17.2 Å². The van der Waals surface area contributed by atoms with E-state index in [0.29, 0.717) is 24.4 Å². The molecule has 6 heteroatoms. The number of H-pyrrole nitrogens is 1. The number of rotatable bonds is 3. The van der Waals surface area contributed by atoms with Crippen LogP contribution in [-0.2, 0) is 19.4 Å². The smallest absolute Gasteiger partial charge is 0.320 e. The van der Waals surface area contributed by atoms with Gasteiger partial charge in [-0.3, -0.25) is 4.79 Å². The van der Waals surface area contributed by atoms with E-state index in [1.165, 1.54) is 5.56 Å². The Morgan fingerprint density at radius 2 is 1.84 bits per heavy atom. The summed E-state index contributed by atoms with van der Waals surface area (Å²) < 4.78 is 0. The van der Waals surface area contributed by atoms with Crippen LogP contribution in [0.4, 0.5) is 10.5 Å². The number of carbonyl (C=O) groups excluding carboxylic acids is 1. The van der Waals surface area contributed by atoms with Crippen LogP contribution in [0.3, 0.4) is 0 Å². The molecule has 2 heterocycles. The van der Waals surface area contributed by atoms with Crippen molar-refractivity contribution >= 4 is 22.5 Å². The third kappa shape index (κ3) is 3.75. The van der Waals surface area contributed by atoms with Crippen LogP contribution in [0, 0.1) is 0 Å². The molecule has 0 saturated carbocycles. The predicted molar refractivity (Wildman–Crippen MR) is 127 cm³/mol. The standard InChI is InChI=1S/C26H24N4O2/c1-2-17-10-12-19(13-11-17)24-27-23-14-15-30(16-21(23)25(31)29-24)26(32)28-22-9-5-7-18-6-3-4-8-20(18)22/h3-13H,2,14-16H2,1H3,(H,28,32)(H,27,29,31). The summed E-state index contributed by atoms with van der Waals surface area (Å²) in [6, 6.07) is 21.6. The van der Waals surface area contributed by atoms with E-state index in [1.54, 1.807) is 4.90 Å². The Bertz CT molecular complexity index is 1350. The van der Waals surface area contributed by atoms with Gasteiger partial charge in [-0.1, -0.05) is 67.6 Å². The summed E-state index contributed by atoms with van der Waals surface area (Å²) in [6.07, 6.45) is 1.51. The van der Waals surface area contributed by atoms with E-state index in [1.807, 2.05) is 66.7 Å². The van der Waals surface area contributed by atoms with Crippen molar-refractivity contribution in [2.75, 3.05) is 11.9 Å².